The van der Waals surface area contributed by atoms with E-state index in [0.29, 0.717) is 54.6 Å². The van der Waals surface area contributed by atoms with E-state index >= 15 is 0 Å². The number of carbonyl (C=O) groups is 2. The van der Waals surface area contributed by atoms with Gasteiger partial charge in [0.1, 0.15) is 13.2 Å². The highest BCUT2D eigenvalue weighted by atomic mass is 16.6. The van der Waals surface area contributed by atoms with Gasteiger partial charge in [0.2, 0.25) is 0 Å². The molecule has 7 nitrogen and oxygen atoms in total. The summed E-state index contributed by atoms with van der Waals surface area (Å²) in [7, 11) is 3.03. The van der Waals surface area contributed by atoms with Crippen molar-refractivity contribution in [3.63, 3.8) is 0 Å². The largest absolute Gasteiger partial charge is 0.493 e. The summed E-state index contributed by atoms with van der Waals surface area (Å²) >= 11 is 0. The van der Waals surface area contributed by atoms with E-state index in [-0.39, 0.29) is 18.4 Å². The molecule has 1 aliphatic heterocycles. The fourth-order valence-corrected chi connectivity index (χ4v) is 4.29. The molecule has 0 unspecified atom stereocenters. The topological polar surface area (TPSA) is 80.3 Å². The average molecular weight is 426 g/mol. The monoisotopic (exact) mass is 426 g/mol. The van der Waals surface area contributed by atoms with Crippen molar-refractivity contribution in [2.24, 2.45) is 0 Å². The van der Waals surface area contributed by atoms with Gasteiger partial charge >= 0.3 is 5.97 Å². The third kappa shape index (κ3) is 4.04. The van der Waals surface area contributed by atoms with Crippen LogP contribution in [0.3, 0.4) is 0 Å². The molecule has 2 aromatic rings. The summed E-state index contributed by atoms with van der Waals surface area (Å²) in [5.41, 5.74) is 0.469. The summed E-state index contributed by atoms with van der Waals surface area (Å²) in [5, 5.41) is 0. The van der Waals surface area contributed by atoms with Crippen LogP contribution in [0.5, 0.6) is 23.0 Å². The highest BCUT2D eigenvalue weighted by Gasteiger charge is 2.45. The van der Waals surface area contributed by atoms with E-state index in [9.17, 15) is 9.59 Å². The molecule has 0 atom stereocenters. The number of methoxy groups -OCH3 is 2. The van der Waals surface area contributed by atoms with E-state index in [0.717, 1.165) is 18.4 Å². The molecular formula is C24H26O7. The first-order valence-electron chi connectivity index (χ1n) is 10.4. The molecule has 1 aliphatic carbocycles. The van der Waals surface area contributed by atoms with Crippen molar-refractivity contribution in [3.05, 3.63) is 47.5 Å². The number of benzene rings is 2. The van der Waals surface area contributed by atoms with Crippen LogP contribution in [0.2, 0.25) is 0 Å². The third-order valence-electron chi connectivity index (χ3n) is 5.98. The summed E-state index contributed by atoms with van der Waals surface area (Å²) in [6.07, 6.45) is 3.20. The Labute approximate surface area is 181 Å². The van der Waals surface area contributed by atoms with E-state index < -0.39 is 5.41 Å². The maximum absolute atomic E-state index is 13.2. The number of carbonyl (C=O) groups excluding carboxylic acids is 2. The van der Waals surface area contributed by atoms with Gasteiger partial charge in [-0.3, -0.25) is 9.59 Å². The van der Waals surface area contributed by atoms with Crippen molar-refractivity contribution in [2.45, 2.75) is 31.1 Å². The first-order valence-corrected chi connectivity index (χ1v) is 10.4. The van der Waals surface area contributed by atoms with Gasteiger partial charge in [-0.1, -0.05) is 18.9 Å². The molecule has 0 spiro atoms. The minimum absolute atomic E-state index is 0.301. The minimum Gasteiger partial charge on any atom is -0.493 e. The first kappa shape index (κ1) is 21.0. The lowest BCUT2D eigenvalue weighted by atomic mass is 9.78. The Morgan fingerprint density at radius 2 is 1.61 bits per heavy atom. The van der Waals surface area contributed by atoms with E-state index in [1.54, 1.807) is 18.2 Å². The number of rotatable bonds is 7. The van der Waals surface area contributed by atoms with Gasteiger partial charge < -0.3 is 23.7 Å². The second-order valence-electron chi connectivity index (χ2n) is 7.72. The number of hydrogen-bond acceptors (Lipinski definition) is 7. The van der Waals surface area contributed by atoms with Gasteiger partial charge in [0.15, 0.2) is 35.4 Å². The van der Waals surface area contributed by atoms with Crippen molar-refractivity contribution in [3.8, 4) is 23.0 Å². The molecule has 0 bridgehead atoms. The van der Waals surface area contributed by atoms with Crippen molar-refractivity contribution in [1.82, 2.24) is 0 Å². The third-order valence-corrected chi connectivity index (χ3v) is 5.98. The van der Waals surface area contributed by atoms with Crippen LogP contribution >= 0.6 is 0 Å². The van der Waals surface area contributed by atoms with Crippen LogP contribution in [-0.4, -0.2) is 45.8 Å². The maximum atomic E-state index is 13.2. The van der Waals surface area contributed by atoms with E-state index in [2.05, 4.69) is 0 Å². The molecule has 0 N–H and O–H groups in total. The molecule has 1 heterocycles. The second-order valence-corrected chi connectivity index (χ2v) is 7.72. The second kappa shape index (κ2) is 8.88. The van der Waals surface area contributed by atoms with E-state index in [1.807, 2.05) is 18.2 Å². The zero-order valence-corrected chi connectivity index (χ0v) is 17.8. The van der Waals surface area contributed by atoms with Crippen LogP contribution in [0, 0.1) is 0 Å². The summed E-state index contributed by atoms with van der Waals surface area (Å²) in [4.78, 5) is 25.9. The van der Waals surface area contributed by atoms with Crippen molar-refractivity contribution in [2.75, 3.05) is 34.0 Å². The zero-order valence-electron chi connectivity index (χ0n) is 17.8. The molecule has 164 valence electrons. The lowest BCUT2D eigenvalue weighted by molar-refractivity contribution is -0.149. The number of esters is 1. The van der Waals surface area contributed by atoms with Gasteiger partial charge in [0.25, 0.3) is 0 Å². The van der Waals surface area contributed by atoms with Gasteiger partial charge in [-0.15, -0.1) is 0 Å². The lowest BCUT2D eigenvalue weighted by Crippen LogP contribution is -2.36. The SMILES string of the molecule is COc1ccc(C(=O)COC(=O)C2(c3ccc4c(c3)OCCO4)CCCC2)cc1OC. The first-order chi connectivity index (χ1) is 15.1. The Morgan fingerprint density at radius 3 is 2.32 bits per heavy atom. The molecule has 2 aliphatic rings. The lowest BCUT2D eigenvalue weighted by Gasteiger charge is -2.28. The summed E-state index contributed by atoms with van der Waals surface area (Å²) in [6.45, 7) is 0.659. The highest BCUT2D eigenvalue weighted by Crippen LogP contribution is 2.45. The summed E-state index contributed by atoms with van der Waals surface area (Å²) in [5.74, 6) is 1.62. The van der Waals surface area contributed by atoms with Gasteiger partial charge in [-0.05, 0) is 48.7 Å². The molecule has 2 aromatic carbocycles. The number of ketones is 1. The average Bonchev–Trinajstić information content (AvgIpc) is 3.32. The fraction of sp³-hybridized carbons (Fsp3) is 0.417. The quantitative estimate of drug-likeness (QED) is 0.493. The van der Waals surface area contributed by atoms with Crippen LogP contribution in [0.4, 0.5) is 0 Å². The summed E-state index contributed by atoms with van der Waals surface area (Å²) in [6, 6.07) is 10.5. The molecule has 0 amide bonds. The molecule has 4 rings (SSSR count). The number of ether oxygens (including phenoxy) is 5. The Bertz CT molecular complexity index is 976. The predicted octanol–water partition coefficient (Wildman–Crippen LogP) is 3.71. The van der Waals surface area contributed by atoms with Crippen molar-refractivity contribution >= 4 is 11.8 Å². The molecule has 1 saturated carbocycles. The standard InChI is InChI=1S/C24H26O7/c1-27-19-7-5-16(13-21(19)28-2)18(25)15-31-23(26)24(9-3-4-10-24)17-6-8-20-22(14-17)30-12-11-29-20/h5-8,13-14H,3-4,9-12,15H2,1-2H3. The maximum Gasteiger partial charge on any atom is 0.317 e. The Morgan fingerprint density at radius 1 is 0.903 bits per heavy atom. The van der Waals surface area contributed by atoms with Crippen molar-refractivity contribution < 1.29 is 33.3 Å². The number of fused-ring (bicyclic) bond motifs is 1. The summed E-state index contributed by atoms with van der Waals surface area (Å²) < 4.78 is 27.3. The van der Waals surface area contributed by atoms with E-state index in [4.69, 9.17) is 23.7 Å². The van der Waals surface area contributed by atoms with Crippen LogP contribution in [0.1, 0.15) is 41.6 Å². The van der Waals surface area contributed by atoms with Crippen LogP contribution in [-0.2, 0) is 14.9 Å². The molecule has 0 radical (unpaired) electrons. The molecule has 7 heteroatoms. The Balaban J connectivity index is 1.50. The van der Waals surface area contributed by atoms with Gasteiger partial charge in [0, 0.05) is 5.56 Å². The predicted molar refractivity (Wildman–Crippen MR) is 112 cm³/mol. The molecule has 0 saturated heterocycles. The highest BCUT2D eigenvalue weighted by molar-refractivity contribution is 5.99. The Hall–Kier alpha value is -3.22. The van der Waals surface area contributed by atoms with Crippen LogP contribution < -0.4 is 18.9 Å². The van der Waals surface area contributed by atoms with Gasteiger partial charge in [-0.2, -0.15) is 0 Å². The molecule has 0 aromatic heterocycles. The van der Waals surface area contributed by atoms with Gasteiger partial charge in [-0.25, -0.2) is 0 Å². The van der Waals surface area contributed by atoms with Crippen molar-refractivity contribution in [1.29, 1.82) is 0 Å². The fourth-order valence-electron chi connectivity index (χ4n) is 4.29. The van der Waals surface area contributed by atoms with Gasteiger partial charge in [0.05, 0.1) is 19.6 Å². The molecule has 31 heavy (non-hydrogen) atoms. The smallest absolute Gasteiger partial charge is 0.317 e. The van der Waals surface area contributed by atoms with E-state index in [1.165, 1.54) is 14.2 Å². The van der Waals surface area contributed by atoms with Crippen LogP contribution in [0.15, 0.2) is 36.4 Å². The normalized spacial score (nSPS) is 16.5. The van der Waals surface area contributed by atoms with Crippen LogP contribution in [0.25, 0.3) is 0 Å². The number of hydrogen-bond donors (Lipinski definition) is 0. The number of Topliss-reactive ketones (excluding diaryl/α,β-unsaturated/α-hetero) is 1. The molecular weight excluding hydrogens is 400 g/mol. The minimum atomic E-state index is -0.770. The zero-order chi connectivity index (χ0) is 21.8. The Kier molecular flexibility index (Phi) is 6.02. The molecule has 1 fully saturated rings.